The molecule has 0 aliphatic carbocycles. The molecule has 0 radical (unpaired) electrons. The number of nitrogens with one attached hydrogen (secondary N) is 2. The molecule has 0 fully saturated rings. The highest BCUT2D eigenvalue weighted by Gasteiger charge is 2.05. The predicted molar refractivity (Wildman–Crippen MR) is 68.2 cm³/mol. The van der Waals surface area contributed by atoms with Crippen LogP contribution >= 0.6 is 0 Å². The topological polar surface area (TPSA) is 58.2 Å². The second-order valence-corrected chi connectivity index (χ2v) is 5.26. The van der Waals surface area contributed by atoms with Crippen LogP contribution in [0.3, 0.4) is 0 Å². The Labute approximate surface area is 96.4 Å². The standard InChI is InChI=1S/C11H16N2O2S/c1-3-9-12-10-5-7-11(8-6-10)13-16(14,15)4-2/h3,5-8,12-13H,1,4,9H2,2H3. The lowest BCUT2D eigenvalue weighted by molar-refractivity contribution is 0.602. The molecule has 1 aromatic carbocycles. The zero-order valence-electron chi connectivity index (χ0n) is 9.23. The average molecular weight is 240 g/mol. The van der Waals surface area contributed by atoms with E-state index in [2.05, 4.69) is 16.6 Å². The highest BCUT2D eigenvalue weighted by Crippen LogP contribution is 2.14. The second kappa shape index (κ2) is 5.55. The van der Waals surface area contributed by atoms with Gasteiger partial charge in [0, 0.05) is 17.9 Å². The Balaban J connectivity index is 2.68. The monoisotopic (exact) mass is 240 g/mol. The molecule has 0 bridgehead atoms. The average Bonchev–Trinajstić information content (AvgIpc) is 2.28. The maximum atomic E-state index is 11.3. The van der Waals surface area contributed by atoms with Gasteiger partial charge in [-0.3, -0.25) is 4.72 Å². The summed E-state index contributed by atoms with van der Waals surface area (Å²) >= 11 is 0. The van der Waals surface area contributed by atoms with Gasteiger partial charge < -0.3 is 5.32 Å². The number of benzene rings is 1. The molecule has 5 heteroatoms. The van der Waals surface area contributed by atoms with Crippen molar-refractivity contribution in [2.24, 2.45) is 0 Å². The van der Waals surface area contributed by atoms with Crippen molar-refractivity contribution in [2.45, 2.75) is 6.92 Å². The summed E-state index contributed by atoms with van der Waals surface area (Å²) in [5, 5.41) is 3.10. The van der Waals surface area contributed by atoms with E-state index in [1.54, 1.807) is 25.1 Å². The maximum absolute atomic E-state index is 11.3. The van der Waals surface area contributed by atoms with Gasteiger partial charge in [-0.25, -0.2) is 8.42 Å². The van der Waals surface area contributed by atoms with E-state index in [-0.39, 0.29) is 5.75 Å². The summed E-state index contributed by atoms with van der Waals surface area (Å²) in [6, 6.07) is 7.07. The zero-order valence-corrected chi connectivity index (χ0v) is 10.0. The van der Waals surface area contributed by atoms with E-state index in [1.807, 2.05) is 12.1 Å². The quantitative estimate of drug-likeness (QED) is 0.748. The van der Waals surface area contributed by atoms with Gasteiger partial charge in [-0.2, -0.15) is 0 Å². The summed E-state index contributed by atoms with van der Waals surface area (Å²) in [4.78, 5) is 0. The SMILES string of the molecule is C=CCNc1ccc(NS(=O)(=O)CC)cc1. The van der Waals surface area contributed by atoms with Gasteiger partial charge in [0.15, 0.2) is 0 Å². The van der Waals surface area contributed by atoms with Crippen LogP contribution in [0.2, 0.25) is 0 Å². The Morgan fingerprint density at radius 3 is 2.31 bits per heavy atom. The second-order valence-electron chi connectivity index (χ2n) is 3.25. The smallest absolute Gasteiger partial charge is 0.232 e. The van der Waals surface area contributed by atoms with Crippen molar-refractivity contribution in [3.63, 3.8) is 0 Å². The van der Waals surface area contributed by atoms with Crippen LogP contribution in [0, 0.1) is 0 Å². The third kappa shape index (κ3) is 3.94. The van der Waals surface area contributed by atoms with Gasteiger partial charge in [-0.15, -0.1) is 6.58 Å². The lowest BCUT2D eigenvalue weighted by Crippen LogP contribution is -2.14. The van der Waals surface area contributed by atoms with Gasteiger partial charge in [0.05, 0.1) is 5.75 Å². The molecule has 0 aliphatic rings. The van der Waals surface area contributed by atoms with E-state index >= 15 is 0 Å². The normalized spacial score (nSPS) is 10.8. The number of hydrogen-bond acceptors (Lipinski definition) is 3. The highest BCUT2D eigenvalue weighted by atomic mass is 32.2. The maximum Gasteiger partial charge on any atom is 0.232 e. The summed E-state index contributed by atoms with van der Waals surface area (Å²) in [6.07, 6.45) is 1.76. The van der Waals surface area contributed by atoms with E-state index in [1.165, 1.54) is 0 Å². The summed E-state index contributed by atoms with van der Waals surface area (Å²) in [5.74, 6) is 0.0729. The first-order valence-corrected chi connectivity index (χ1v) is 6.68. The number of hydrogen-bond donors (Lipinski definition) is 2. The van der Waals surface area contributed by atoms with E-state index in [9.17, 15) is 8.42 Å². The minimum absolute atomic E-state index is 0.0729. The minimum Gasteiger partial charge on any atom is -0.382 e. The van der Waals surface area contributed by atoms with Crippen LogP contribution in [0.4, 0.5) is 11.4 Å². The molecule has 0 amide bonds. The molecule has 0 saturated heterocycles. The molecule has 4 nitrogen and oxygen atoms in total. The van der Waals surface area contributed by atoms with Crippen molar-refractivity contribution in [1.82, 2.24) is 0 Å². The van der Waals surface area contributed by atoms with Crippen molar-refractivity contribution in [3.8, 4) is 0 Å². The van der Waals surface area contributed by atoms with Gasteiger partial charge in [-0.1, -0.05) is 6.08 Å². The van der Waals surface area contributed by atoms with Gasteiger partial charge >= 0.3 is 0 Å². The highest BCUT2D eigenvalue weighted by molar-refractivity contribution is 7.92. The number of rotatable bonds is 6. The van der Waals surface area contributed by atoms with E-state index in [0.29, 0.717) is 12.2 Å². The lowest BCUT2D eigenvalue weighted by atomic mass is 10.3. The third-order valence-electron chi connectivity index (χ3n) is 1.99. The third-order valence-corrected chi connectivity index (χ3v) is 3.30. The molecule has 1 aromatic rings. The van der Waals surface area contributed by atoms with Gasteiger partial charge in [0.1, 0.15) is 0 Å². The lowest BCUT2D eigenvalue weighted by Gasteiger charge is -2.07. The first-order chi connectivity index (χ1) is 7.57. The summed E-state index contributed by atoms with van der Waals surface area (Å²) in [5.41, 5.74) is 1.50. The van der Waals surface area contributed by atoms with E-state index in [0.717, 1.165) is 5.69 Å². The van der Waals surface area contributed by atoms with E-state index < -0.39 is 10.0 Å². The molecule has 0 spiro atoms. The molecule has 1 rings (SSSR count). The Morgan fingerprint density at radius 1 is 1.25 bits per heavy atom. The van der Waals surface area contributed by atoms with Crippen molar-refractivity contribution in [2.75, 3.05) is 22.3 Å². The largest absolute Gasteiger partial charge is 0.382 e. The molecular weight excluding hydrogens is 224 g/mol. The fraction of sp³-hybridized carbons (Fsp3) is 0.273. The van der Waals surface area contributed by atoms with Gasteiger partial charge in [-0.05, 0) is 31.2 Å². The minimum atomic E-state index is -3.19. The van der Waals surface area contributed by atoms with Crippen molar-refractivity contribution < 1.29 is 8.42 Å². The van der Waals surface area contributed by atoms with E-state index in [4.69, 9.17) is 0 Å². The fourth-order valence-electron chi connectivity index (χ4n) is 1.10. The van der Waals surface area contributed by atoms with Crippen molar-refractivity contribution >= 4 is 21.4 Å². The number of anilines is 2. The molecule has 0 atom stereocenters. The summed E-state index contributed by atoms with van der Waals surface area (Å²) in [7, 11) is -3.19. The molecule has 0 aromatic heterocycles. The Bertz CT molecular complexity index is 438. The first kappa shape index (κ1) is 12.6. The molecule has 88 valence electrons. The van der Waals surface area contributed by atoms with Gasteiger partial charge in [0.2, 0.25) is 10.0 Å². The number of sulfonamides is 1. The summed E-state index contributed by atoms with van der Waals surface area (Å²) < 4.78 is 25.0. The Hall–Kier alpha value is -1.49. The van der Waals surface area contributed by atoms with Crippen LogP contribution in [0.25, 0.3) is 0 Å². The molecule has 0 aliphatic heterocycles. The van der Waals surface area contributed by atoms with Crippen LogP contribution in [-0.2, 0) is 10.0 Å². The van der Waals surface area contributed by atoms with Crippen LogP contribution < -0.4 is 10.0 Å². The molecule has 2 N–H and O–H groups in total. The van der Waals surface area contributed by atoms with Crippen LogP contribution in [0.15, 0.2) is 36.9 Å². The molecule has 0 saturated carbocycles. The Kier molecular flexibility index (Phi) is 4.37. The van der Waals surface area contributed by atoms with Crippen LogP contribution in [0.1, 0.15) is 6.92 Å². The first-order valence-electron chi connectivity index (χ1n) is 5.02. The van der Waals surface area contributed by atoms with Gasteiger partial charge in [0.25, 0.3) is 0 Å². The predicted octanol–water partition coefficient (Wildman–Crippen LogP) is 2.05. The van der Waals surface area contributed by atoms with Crippen molar-refractivity contribution in [3.05, 3.63) is 36.9 Å². The zero-order chi connectivity index (χ0) is 12.0. The molecule has 0 heterocycles. The molecular formula is C11H16N2O2S. The van der Waals surface area contributed by atoms with Crippen molar-refractivity contribution in [1.29, 1.82) is 0 Å². The van der Waals surface area contributed by atoms with Crippen LogP contribution in [-0.4, -0.2) is 20.7 Å². The molecule has 0 unspecified atom stereocenters. The Morgan fingerprint density at radius 2 is 1.81 bits per heavy atom. The summed E-state index contributed by atoms with van der Waals surface area (Å²) in [6.45, 7) is 5.88. The molecule has 16 heavy (non-hydrogen) atoms. The fourth-order valence-corrected chi connectivity index (χ4v) is 1.74. The van der Waals surface area contributed by atoms with Crippen LogP contribution in [0.5, 0.6) is 0 Å².